The van der Waals surface area contributed by atoms with E-state index in [4.69, 9.17) is 10.7 Å². The number of benzene rings is 2. The summed E-state index contributed by atoms with van der Waals surface area (Å²) in [5, 5.41) is 3.03. The molecule has 1 fully saturated rings. The Hall–Kier alpha value is -3.07. The Morgan fingerprint density at radius 2 is 1.70 bits per heavy atom. The van der Waals surface area contributed by atoms with Crippen LogP contribution in [-0.4, -0.2) is 31.1 Å². The van der Waals surface area contributed by atoms with Crippen molar-refractivity contribution in [3.8, 4) is 22.4 Å². The lowest BCUT2D eigenvalue weighted by Gasteiger charge is -2.28. The summed E-state index contributed by atoms with van der Waals surface area (Å²) in [6, 6.07) is 20.0. The second-order valence-corrected chi connectivity index (χ2v) is 11.9. The summed E-state index contributed by atoms with van der Waals surface area (Å²) in [7, 11) is -3.20. The van der Waals surface area contributed by atoms with Gasteiger partial charge in [-0.2, -0.15) is 0 Å². The molecule has 0 bridgehead atoms. The molecule has 1 aliphatic rings. The lowest BCUT2D eigenvalue weighted by atomic mass is 9.84. The summed E-state index contributed by atoms with van der Waals surface area (Å²) < 4.78 is 26.4. The Kier molecular flexibility index (Phi) is 8.74. The first kappa shape index (κ1) is 27.0. The van der Waals surface area contributed by atoms with Crippen LogP contribution >= 0.6 is 0 Å². The summed E-state index contributed by atoms with van der Waals surface area (Å²) in [5.41, 5.74) is 11.5. The third-order valence-electron chi connectivity index (χ3n) is 7.01. The van der Waals surface area contributed by atoms with Crippen LogP contribution in [0.1, 0.15) is 57.6 Å². The maximum absolute atomic E-state index is 12.9. The number of sulfonamides is 1. The number of amides is 1. The molecule has 1 atom stereocenters. The summed E-state index contributed by atoms with van der Waals surface area (Å²) in [6.07, 6.45) is 5.28. The first-order valence-electron chi connectivity index (χ1n) is 13.0. The average Bonchev–Trinajstić information content (AvgIpc) is 2.90. The van der Waals surface area contributed by atoms with Crippen molar-refractivity contribution in [2.24, 2.45) is 11.7 Å². The van der Waals surface area contributed by atoms with Crippen molar-refractivity contribution in [2.45, 2.75) is 58.0 Å². The van der Waals surface area contributed by atoms with Gasteiger partial charge >= 0.3 is 0 Å². The molecule has 1 saturated carbocycles. The van der Waals surface area contributed by atoms with E-state index in [-0.39, 0.29) is 29.7 Å². The molecule has 0 unspecified atom stereocenters. The number of anilines is 1. The number of nitrogens with two attached hydrogens (primary N) is 1. The third-order valence-corrected chi connectivity index (χ3v) is 8.47. The number of rotatable bonds is 9. The molecule has 1 amide bonds. The van der Waals surface area contributed by atoms with Gasteiger partial charge in [0.1, 0.15) is 0 Å². The fourth-order valence-electron chi connectivity index (χ4n) is 4.84. The van der Waals surface area contributed by atoms with Gasteiger partial charge in [-0.05, 0) is 62.6 Å². The van der Waals surface area contributed by atoms with Crippen molar-refractivity contribution < 1.29 is 13.2 Å². The Labute approximate surface area is 220 Å². The van der Waals surface area contributed by atoms with Gasteiger partial charge in [-0.1, -0.05) is 54.6 Å². The van der Waals surface area contributed by atoms with Crippen molar-refractivity contribution in [1.29, 1.82) is 0 Å². The van der Waals surface area contributed by atoms with Gasteiger partial charge in [0.05, 0.1) is 23.3 Å². The number of aromatic nitrogens is 1. The minimum absolute atomic E-state index is 0.0310. The van der Waals surface area contributed by atoms with Crippen molar-refractivity contribution in [2.75, 3.05) is 11.1 Å². The topological polar surface area (TPSA) is 114 Å². The Balaban J connectivity index is 1.46. The predicted molar refractivity (Wildman–Crippen MR) is 149 cm³/mol. The summed E-state index contributed by atoms with van der Waals surface area (Å²) in [6.45, 7) is 3.60. The van der Waals surface area contributed by atoms with Gasteiger partial charge in [-0.25, -0.2) is 13.1 Å². The van der Waals surface area contributed by atoms with Crippen molar-refractivity contribution in [1.82, 2.24) is 9.71 Å². The fraction of sp³-hybridized carbons (Fsp3) is 0.379. The van der Waals surface area contributed by atoms with E-state index in [1.807, 2.05) is 67.6 Å². The van der Waals surface area contributed by atoms with Crippen molar-refractivity contribution >= 4 is 21.6 Å². The Morgan fingerprint density at radius 1 is 1.03 bits per heavy atom. The van der Waals surface area contributed by atoms with Crippen LogP contribution < -0.4 is 15.8 Å². The van der Waals surface area contributed by atoms with Crippen LogP contribution in [0.4, 0.5) is 5.69 Å². The molecule has 4 N–H and O–H groups in total. The molecule has 8 heteroatoms. The lowest BCUT2D eigenvalue weighted by molar-refractivity contribution is -0.117. The predicted octanol–water partition coefficient (Wildman–Crippen LogP) is 5.26. The molecular formula is C29H36N4O3S. The number of pyridine rings is 1. The van der Waals surface area contributed by atoms with Crippen molar-refractivity contribution in [3.05, 3.63) is 72.4 Å². The lowest BCUT2D eigenvalue weighted by Crippen LogP contribution is -2.38. The molecule has 37 heavy (non-hydrogen) atoms. The van der Waals surface area contributed by atoms with E-state index < -0.39 is 10.0 Å². The largest absolute Gasteiger partial charge is 0.325 e. The second kappa shape index (κ2) is 12.0. The van der Waals surface area contributed by atoms with Gasteiger partial charge in [0.15, 0.2) is 0 Å². The number of carbonyl (C=O) groups is 1. The molecule has 0 radical (unpaired) electrons. The number of nitrogens with one attached hydrogen (secondary N) is 2. The van der Waals surface area contributed by atoms with Gasteiger partial charge in [0, 0.05) is 29.6 Å². The average molecular weight is 521 g/mol. The maximum Gasteiger partial charge on any atom is 0.224 e. The molecule has 4 rings (SSSR count). The highest BCUT2D eigenvalue weighted by molar-refractivity contribution is 7.89. The first-order valence-corrected chi connectivity index (χ1v) is 14.6. The molecule has 2 aromatic carbocycles. The number of carbonyl (C=O) groups excluding carboxylic acids is 1. The van der Waals surface area contributed by atoms with E-state index in [0.717, 1.165) is 53.6 Å². The highest BCUT2D eigenvalue weighted by Gasteiger charge is 2.25. The zero-order valence-electron chi connectivity index (χ0n) is 21.5. The highest BCUT2D eigenvalue weighted by Crippen LogP contribution is 2.33. The number of nitrogens with zero attached hydrogens (tertiary/aromatic N) is 1. The van der Waals surface area contributed by atoms with Gasteiger partial charge in [-0.3, -0.25) is 9.78 Å². The smallest absolute Gasteiger partial charge is 0.224 e. The maximum atomic E-state index is 12.9. The van der Waals surface area contributed by atoms with Gasteiger partial charge in [0.2, 0.25) is 15.9 Å². The second-order valence-electron chi connectivity index (χ2n) is 9.89. The monoisotopic (exact) mass is 520 g/mol. The number of hydrogen-bond acceptors (Lipinski definition) is 5. The number of hydrogen-bond donors (Lipinski definition) is 3. The molecule has 1 aliphatic carbocycles. The molecule has 7 nitrogen and oxygen atoms in total. The minimum atomic E-state index is -3.20. The Morgan fingerprint density at radius 3 is 2.32 bits per heavy atom. The molecule has 1 aromatic heterocycles. The zero-order valence-corrected chi connectivity index (χ0v) is 22.3. The molecular weight excluding hydrogens is 484 g/mol. The normalized spacial score (nSPS) is 18.8. The summed E-state index contributed by atoms with van der Waals surface area (Å²) in [5.74, 6) is 0.282. The molecule has 196 valence electrons. The fourth-order valence-corrected chi connectivity index (χ4v) is 5.75. The molecule has 3 aromatic rings. The van der Waals surface area contributed by atoms with Crippen LogP contribution in [0, 0.1) is 5.92 Å². The molecule has 0 aliphatic heterocycles. The third kappa shape index (κ3) is 7.25. The zero-order chi connectivity index (χ0) is 26.4. The Bertz CT molecular complexity index is 1300. The van der Waals surface area contributed by atoms with Gasteiger partial charge < -0.3 is 11.1 Å². The van der Waals surface area contributed by atoms with E-state index in [1.54, 1.807) is 13.1 Å². The standard InChI is InChI=1S/C29H36N4O3S/c1-3-37(35,36)33-25-15-9-21(10-16-25)17-28(34)32-26-18-27(23-7-5-4-6-8-23)29(31-19-26)24-13-11-22(12-14-24)20(2)30/h4-8,11-14,18-21,25,33H,3,9-10,15-17,30H2,1-2H3,(H,32,34)/t20-,21?,25?/m0/s1. The van der Waals surface area contributed by atoms with E-state index in [1.165, 1.54) is 0 Å². The summed E-state index contributed by atoms with van der Waals surface area (Å²) in [4.78, 5) is 17.6. The van der Waals surface area contributed by atoms with Crippen LogP contribution in [0.3, 0.4) is 0 Å². The van der Waals surface area contributed by atoms with Crippen molar-refractivity contribution in [3.63, 3.8) is 0 Å². The van der Waals surface area contributed by atoms with E-state index in [2.05, 4.69) is 10.0 Å². The van der Waals surface area contributed by atoms with E-state index in [9.17, 15) is 13.2 Å². The van der Waals surface area contributed by atoms with Crippen LogP contribution in [0.15, 0.2) is 66.9 Å². The molecule has 0 spiro atoms. The van der Waals surface area contributed by atoms with Crippen LogP contribution in [0.2, 0.25) is 0 Å². The van der Waals surface area contributed by atoms with E-state index in [0.29, 0.717) is 12.1 Å². The van der Waals surface area contributed by atoms with Crippen LogP contribution in [-0.2, 0) is 14.8 Å². The van der Waals surface area contributed by atoms with Crippen LogP contribution in [0.25, 0.3) is 22.4 Å². The first-order chi connectivity index (χ1) is 17.7. The SMILES string of the molecule is CCS(=O)(=O)NC1CCC(CC(=O)Nc2cnc(-c3ccc([C@H](C)N)cc3)c(-c3ccccc3)c2)CC1. The molecule has 0 saturated heterocycles. The van der Waals surface area contributed by atoms with Gasteiger partial charge in [0.25, 0.3) is 0 Å². The highest BCUT2D eigenvalue weighted by atomic mass is 32.2. The quantitative estimate of drug-likeness (QED) is 0.356. The van der Waals surface area contributed by atoms with Crippen LogP contribution in [0.5, 0.6) is 0 Å². The van der Waals surface area contributed by atoms with Gasteiger partial charge in [-0.15, -0.1) is 0 Å². The molecule has 1 heterocycles. The summed E-state index contributed by atoms with van der Waals surface area (Å²) >= 11 is 0. The minimum Gasteiger partial charge on any atom is -0.325 e. The van der Waals surface area contributed by atoms with E-state index >= 15 is 0 Å².